The number of aryl methyl sites for hydroxylation is 2. The second kappa shape index (κ2) is 6.34. The molecular weight excluding hydrogens is 411 g/mol. The Morgan fingerprint density at radius 1 is 1.05 bits per heavy atom. The van der Waals surface area contributed by atoms with Crippen LogP contribution >= 0.6 is 34.2 Å². The number of hydrogen-bond donors (Lipinski definition) is 0. The van der Waals surface area contributed by atoms with Crippen LogP contribution in [-0.4, -0.2) is 19.7 Å². The smallest absolute Gasteiger partial charge is 0.216 e. The van der Waals surface area contributed by atoms with Crippen LogP contribution in [0.3, 0.4) is 0 Å². The summed E-state index contributed by atoms with van der Waals surface area (Å²) in [5, 5.41) is 5.06. The summed E-state index contributed by atoms with van der Waals surface area (Å²) in [4.78, 5) is 8.80. The predicted molar refractivity (Wildman–Crippen MR) is 95.6 cm³/mol. The molecule has 1 aromatic carbocycles. The van der Waals surface area contributed by atoms with Gasteiger partial charge in [-0.2, -0.15) is 9.78 Å². The third-order valence-electron chi connectivity index (χ3n) is 3.17. The first-order valence-electron chi connectivity index (χ1n) is 6.83. The molecule has 3 aromatic rings. The first kappa shape index (κ1) is 15.4. The Bertz CT molecular complexity index is 791. The summed E-state index contributed by atoms with van der Waals surface area (Å²) in [6.07, 6.45) is 0.731. The van der Waals surface area contributed by atoms with E-state index in [1.165, 1.54) is 9.13 Å². The minimum absolute atomic E-state index is 0.511. The number of benzene rings is 1. The van der Waals surface area contributed by atoms with E-state index in [1.54, 1.807) is 4.68 Å². The van der Waals surface area contributed by atoms with Gasteiger partial charge in [0.05, 0.1) is 5.69 Å². The quantitative estimate of drug-likeness (QED) is 0.594. The monoisotopic (exact) mass is 424 g/mol. The van der Waals surface area contributed by atoms with Crippen molar-refractivity contribution in [3.63, 3.8) is 0 Å². The average Bonchev–Trinajstić information content (AvgIpc) is 2.81. The van der Waals surface area contributed by atoms with Crippen molar-refractivity contribution in [2.75, 3.05) is 0 Å². The summed E-state index contributed by atoms with van der Waals surface area (Å²) in [5.74, 6) is 0.511. The van der Waals surface area contributed by atoms with Crippen molar-refractivity contribution >= 4 is 34.2 Å². The molecule has 22 heavy (non-hydrogen) atoms. The molecule has 0 bridgehead atoms. The highest BCUT2D eigenvalue weighted by Gasteiger charge is 2.11. The molecule has 2 heterocycles. The fourth-order valence-electron chi connectivity index (χ4n) is 2.24. The molecule has 0 saturated heterocycles. The first-order valence-corrected chi connectivity index (χ1v) is 8.28. The predicted octanol–water partition coefficient (Wildman–Crippen LogP) is 4.13. The lowest BCUT2D eigenvalue weighted by Gasteiger charge is -2.03. The van der Waals surface area contributed by atoms with Gasteiger partial charge in [-0.15, -0.1) is 0 Å². The van der Waals surface area contributed by atoms with Crippen LogP contribution in [-0.2, 0) is 6.42 Å². The summed E-state index contributed by atoms with van der Waals surface area (Å²) in [6, 6.07) is 12.2. The standard InChI is InChI=1S/C16H14ClIN4/c1-10-7-11(2)20-16(19-10)22-15(17)9-14(21-22)8-12-3-5-13(18)6-4-12/h3-7,9H,8H2,1-2H3. The van der Waals surface area contributed by atoms with Crippen molar-refractivity contribution in [2.45, 2.75) is 20.3 Å². The van der Waals surface area contributed by atoms with Crippen LogP contribution in [0.5, 0.6) is 0 Å². The number of nitrogens with zero attached hydrogens (tertiary/aromatic N) is 4. The van der Waals surface area contributed by atoms with E-state index in [0.717, 1.165) is 23.5 Å². The second-order valence-corrected chi connectivity index (χ2v) is 6.76. The minimum Gasteiger partial charge on any atom is -0.216 e. The third kappa shape index (κ3) is 3.47. The van der Waals surface area contributed by atoms with E-state index >= 15 is 0 Å². The van der Waals surface area contributed by atoms with Crippen LogP contribution in [0, 0.1) is 17.4 Å². The van der Waals surface area contributed by atoms with Crippen molar-refractivity contribution < 1.29 is 0 Å². The van der Waals surface area contributed by atoms with Crippen molar-refractivity contribution in [1.29, 1.82) is 0 Å². The average molecular weight is 425 g/mol. The number of rotatable bonds is 3. The molecule has 0 aliphatic rings. The van der Waals surface area contributed by atoms with Crippen LogP contribution in [0.2, 0.25) is 5.15 Å². The maximum atomic E-state index is 6.29. The Labute approximate surface area is 147 Å². The normalized spacial score (nSPS) is 10.9. The van der Waals surface area contributed by atoms with Gasteiger partial charge in [0.2, 0.25) is 0 Å². The largest absolute Gasteiger partial charge is 0.252 e. The van der Waals surface area contributed by atoms with E-state index in [2.05, 4.69) is 61.9 Å². The summed E-state index contributed by atoms with van der Waals surface area (Å²) in [7, 11) is 0. The molecular formula is C16H14ClIN4. The van der Waals surface area contributed by atoms with Crippen LogP contribution in [0.4, 0.5) is 0 Å². The Morgan fingerprint density at radius 2 is 1.68 bits per heavy atom. The molecule has 112 valence electrons. The van der Waals surface area contributed by atoms with Gasteiger partial charge in [0.25, 0.3) is 5.95 Å². The lowest BCUT2D eigenvalue weighted by molar-refractivity contribution is 0.777. The van der Waals surface area contributed by atoms with Crippen LogP contribution in [0.25, 0.3) is 5.95 Å². The van der Waals surface area contributed by atoms with E-state index < -0.39 is 0 Å². The number of hydrogen-bond acceptors (Lipinski definition) is 3. The molecule has 2 aromatic heterocycles. The van der Waals surface area contributed by atoms with Crippen LogP contribution in [0.15, 0.2) is 36.4 Å². The molecule has 6 heteroatoms. The van der Waals surface area contributed by atoms with Gasteiger partial charge in [-0.25, -0.2) is 9.97 Å². The lowest BCUT2D eigenvalue weighted by atomic mass is 10.1. The Morgan fingerprint density at radius 3 is 2.32 bits per heavy atom. The maximum Gasteiger partial charge on any atom is 0.252 e. The maximum absolute atomic E-state index is 6.29. The van der Waals surface area contributed by atoms with E-state index in [1.807, 2.05) is 26.0 Å². The summed E-state index contributed by atoms with van der Waals surface area (Å²) in [6.45, 7) is 3.87. The lowest BCUT2D eigenvalue weighted by Crippen LogP contribution is -2.06. The van der Waals surface area contributed by atoms with Gasteiger partial charge < -0.3 is 0 Å². The molecule has 0 aliphatic carbocycles. The van der Waals surface area contributed by atoms with Crippen LogP contribution < -0.4 is 0 Å². The van der Waals surface area contributed by atoms with Crippen LogP contribution in [0.1, 0.15) is 22.6 Å². The van der Waals surface area contributed by atoms with Crippen molar-refractivity contribution in [2.24, 2.45) is 0 Å². The van der Waals surface area contributed by atoms with E-state index in [0.29, 0.717) is 11.1 Å². The zero-order valence-electron chi connectivity index (χ0n) is 12.2. The van der Waals surface area contributed by atoms with Crippen molar-refractivity contribution in [3.8, 4) is 5.95 Å². The molecule has 0 spiro atoms. The zero-order valence-corrected chi connectivity index (χ0v) is 15.1. The topological polar surface area (TPSA) is 43.6 Å². The second-order valence-electron chi connectivity index (χ2n) is 5.12. The highest BCUT2D eigenvalue weighted by Crippen LogP contribution is 2.18. The fraction of sp³-hybridized carbons (Fsp3) is 0.188. The van der Waals surface area contributed by atoms with E-state index in [-0.39, 0.29) is 0 Å². The fourth-order valence-corrected chi connectivity index (χ4v) is 2.84. The van der Waals surface area contributed by atoms with Gasteiger partial charge in [0, 0.05) is 21.4 Å². The van der Waals surface area contributed by atoms with Gasteiger partial charge in [-0.1, -0.05) is 23.7 Å². The molecule has 0 saturated carbocycles. The molecule has 0 amide bonds. The Balaban J connectivity index is 1.91. The molecule has 3 rings (SSSR count). The molecule has 0 radical (unpaired) electrons. The summed E-state index contributed by atoms with van der Waals surface area (Å²) in [5.41, 5.74) is 3.89. The molecule has 4 nitrogen and oxygen atoms in total. The van der Waals surface area contributed by atoms with Crippen molar-refractivity contribution in [3.05, 3.63) is 67.8 Å². The number of halogens is 2. The van der Waals surface area contributed by atoms with Crippen molar-refractivity contribution in [1.82, 2.24) is 19.7 Å². The SMILES string of the molecule is Cc1cc(C)nc(-n2nc(Cc3ccc(I)cc3)cc2Cl)n1. The highest BCUT2D eigenvalue weighted by molar-refractivity contribution is 14.1. The number of aromatic nitrogens is 4. The molecule has 0 N–H and O–H groups in total. The summed E-state index contributed by atoms with van der Waals surface area (Å²) < 4.78 is 2.80. The molecule has 0 unspecified atom stereocenters. The summed E-state index contributed by atoms with van der Waals surface area (Å²) >= 11 is 8.59. The van der Waals surface area contributed by atoms with Gasteiger partial charge in [0.15, 0.2) is 0 Å². The highest BCUT2D eigenvalue weighted by atomic mass is 127. The first-order chi connectivity index (χ1) is 10.5. The van der Waals surface area contributed by atoms with Gasteiger partial charge >= 0.3 is 0 Å². The molecule has 0 fully saturated rings. The van der Waals surface area contributed by atoms with Gasteiger partial charge in [-0.3, -0.25) is 0 Å². The molecule has 0 atom stereocenters. The third-order valence-corrected chi connectivity index (χ3v) is 4.16. The Kier molecular flexibility index (Phi) is 4.44. The molecule has 0 aliphatic heterocycles. The van der Waals surface area contributed by atoms with Gasteiger partial charge in [-0.05, 0) is 66.3 Å². The van der Waals surface area contributed by atoms with E-state index in [9.17, 15) is 0 Å². The zero-order chi connectivity index (χ0) is 15.7. The van der Waals surface area contributed by atoms with Gasteiger partial charge in [0.1, 0.15) is 5.15 Å². The minimum atomic E-state index is 0.511. The van der Waals surface area contributed by atoms with E-state index in [4.69, 9.17) is 11.6 Å². The Hall–Kier alpha value is -1.47.